The number of nitrogens with zero attached hydrogens (tertiary/aromatic N) is 1. The molecule has 1 N–H and O–H groups in total. The van der Waals surface area contributed by atoms with Crippen LogP contribution < -0.4 is 10.1 Å². The predicted molar refractivity (Wildman–Crippen MR) is 116 cm³/mol. The van der Waals surface area contributed by atoms with Gasteiger partial charge in [-0.3, -0.25) is 4.79 Å². The lowest BCUT2D eigenvalue weighted by Crippen LogP contribution is -2.40. The number of rotatable bonds is 7. The van der Waals surface area contributed by atoms with Gasteiger partial charge in [0.05, 0.1) is 29.9 Å². The third kappa shape index (κ3) is 6.13. The van der Waals surface area contributed by atoms with Gasteiger partial charge in [0.25, 0.3) is 0 Å². The number of amides is 1. The average Bonchev–Trinajstić information content (AvgIpc) is 2.75. The summed E-state index contributed by atoms with van der Waals surface area (Å²) in [6.45, 7) is 4.89. The van der Waals surface area contributed by atoms with Crippen LogP contribution in [-0.4, -0.2) is 51.0 Å². The van der Waals surface area contributed by atoms with Gasteiger partial charge in [-0.1, -0.05) is 12.1 Å². The highest BCUT2D eigenvalue weighted by molar-refractivity contribution is 7.89. The van der Waals surface area contributed by atoms with Crippen molar-refractivity contribution < 1.29 is 27.1 Å². The quantitative estimate of drug-likeness (QED) is 0.657. The van der Waals surface area contributed by atoms with E-state index in [2.05, 4.69) is 5.32 Å². The summed E-state index contributed by atoms with van der Waals surface area (Å²) in [6.07, 6.45) is 2.65. The minimum atomic E-state index is -3.73. The number of sulfonamides is 1. The molecule has 0 bridgehead atoms. The van der Waals surface area contributed by atoms with E-state index in [1.807, 2.05) is 13.8 Å². The van der Waals surface area contributed by atoms with Crippen LogP contribution in [-0.2, 0) is 19.6 Å². The molecule has 2 aromatic carbocycles. The Morgan fingerprint density at radius 3 is 2.48 bits per heavy atom. The summed E-state index contributed by atoms with van der Waals surface area (Å²) in [7, 11) is -3.73. The number of nitrogens with one attached hydrogen (secondary N) is 1. The highest BCUT2D eigenvalue weighted by atomic mass is 32.2. The molecule has 1 aliphatic heterocycles. The molecule has 0 radical (unpaired) electrons. The summed E-state index contributed by atoms with van der Waals surface area (Å²) >= 11 is 0. The molecule has 0 unspecified atom stereocenters. The fourth-order valence-corrected chi connectivity index (χ4v) is 4.41. The highest BCUT2D eigenvalue weighted by Gasteiger charge is 2.27. The van der Waals surface area contributed by atoms with Crippen molar-refractivity contribution in [3.8, 4) is 5.75 Å². The number of carbonyl (C=O) groups excluding carboxylic acids is 1. The lowest BCUT2D eigenvalue weighted by atomic mass is 10.2. The van der Waals surface area contributed by atoms with Crippen molar-refractivity contribution in [3.05, 3.63) is 59.9 Å². The molecule has 1 heterocycles. The second-order valence-electron chi connectivity index (χ2n) is 7.22. The second kappa shape index (κ2) is 10.0. The number of ether oxygens (including phenoxy) is 2. The Morgan fingerprint density at radius 1 is 1.16 bits per heavy atom. The first kappa shape index (κ1) is 22.9. The summed E-state index contributed by atoms with van der Waals surface area (Å²) in [6, 6.07) is 10.1. The van der Waals surface area contributed by atoms with Gasteiger partial charge in [-0.15, -0.1) is 0 Å². The summed E-state index contributed by atoms with van der Waals surface area (Å²) in [5.74, 6) is -0.478. The average molecular weight is 449 g/mol. The first-order valence-corrected chi connectivity index (χ1v) is 11.3. The molecule has 1 fully saturated rings. The van der Waals surface area contributed by atoms with Crippen molar-refractivity contribution >= 4 is 27.7 Å². The number of hydrogen-bond donors (Lipinski definition) is 1. The Bertz CT molecular complexity index is 1050. The monoisotopic (exact) mass is 448 g/mol. The molecule has 0 saturated carbocycles. The fourth-order valence-electron chi connectivity index (χ4n) is 2.98. The molecule has 2 aromatic rings. The van der Waals surface area contributed by atoms with Gasteiger partial charge in [-0.2, -0.15) is 4.31 Å². The highest BCUT2D eigenvalue weighted by Crippen LogP contribution is 2.30. The standard InChI is InChI=1S/C22H25FN2O5S/c1-16(2)30-21-9-8-19(31(27,28)25-11-13-29-14-12-25)15-20(21)24-22(26)10-5-17-3-6-18(23)7-4-17/h3-10,15-16H,11-14H2,1-2H3,(H,24,26)/b10-5+. The van der Waals surface area contributed by atoms with Gasteiger partial charge < -0.3 is 14.8 Å². The first-order valence-electron chi connectivity index (χ1n) is 9.89. The number of halogens is 1. The van der Waals surface area contributed by atoms with Crippen LogP contribution in [0.2, 0.25) is 0 Å². The van der Waals surface area contributed by atoms with E-state index in [4.69, 9.17) is 9.47 Å². The van der Waals surface area contributed by atoms with Crippen LogP contribution in [0.3, 0.4) is 0 Å². The Morgan fingerprint density at radius 2 is 1.84 bits per heavy atom. The van der Waals surface area contributed by atoms with Gasteiger partial charge in [-0.25, -0.2) is 12.8 Å². The number of anilines is 1. The number of hydrogen-bond acceptors (Lipinski definition) is 5. The zero-order chi connectivity index (χ0) is 22.4. The van der Waals surface area contributed by atoms with Gasteiger partial charge >= 0.3 is 0 Å². The normalized spacial score (nSPS) is 15.4. The second-order valence-corrected chi connectivity index (χ2v) is 9.15. The molecule has 1 amide bonds. The molecule has 0 atom stereocenters. The van der Waals surface area contributed by atoms with Gasteiger partial charge in [-0.05, 0) is 55.8 Å². The van der Waals surface area contributed by atoms with E-state index < -0.39 is 15.9 Å². The lowest BCUT2D eigenvalue weighted by Gasteiger charge is -2.26. The maximum Gasteiger partial charge on any atom is 0.248 e. The van der Waals surface area contributed by atoms with Crippen LogP contribution in [0.25, 0.3) is 6.08 Å². The minimum absolute atomic E-state index is 0.0586. The predicted octanol–water partition coefficient (Wildman–Crippen LogP) is 3.29. The molecular weight excluding hydrogens is 423 g/mol. The van der Waals surface area contributed by atoms with Crippen LogP contribution >= 0.6 is 0 Å². The molecule has 166 valence electrons. The fraction of sp³-hybridized carbons (Fsp3) is 0.318. The van der Waals surface area contributed by atoms with Crippen LogP contribution in [0.1, 0.15) is 19.4 Å². The number of benzene rings is 2. The molecule has 3 rings (SSSR count). The van der Waals surface area contributed by atoms with Crippen molar-refractivity contribution in [2.24, 2.45) is 0 Å². The van der Waals surface area contributed by atoms with Crippen LogP contribution in [0, 0.1) is 5.82 Å². The van der Waals surface area contributed by atoms with Gasteiger partial charge in [0, 0.05) is 19.2 Å². The molecule has 7 nitrogen and oxygen atoms in total. The Labute approximate surface area is 181 Å². The van der Waals surface area contributed by atoms with E-state index in [1.165, 1.54) is 46.8 Å². The van der Waals surface area contributed by atoms with Crippen LogP contribution in [0.15, 0.2) is 53.4 Å². The van der Waals surface area contributed by atoms with E-state index in [1.54, 1.807) is 12.1 Å². The summed E-state index contributed by atoms with van der Waals surface area (Å²) < 4.78 is 51.3. The Kier molecular flexibility index (Phi) is 7.42. The van der Waals surface area contributed by atoms with E-state index in [-0.39, 0.29) is 35.6 Å². The van der Waals surface area contributed by atoms with Gasteiger partial charge in [0.2, 0.25) is 15.9 Å². The molecular formula is C22H25FN2O5S. The molecule has 0 aliphatic carbocycles. The summed E-state index contributed by atoms with van der Waals surface area (Å²) in [5.41, 5.74) is 0.899. The van der Waals surface area contributed by atoms with Crippen molar-refractivity contribution in [1.29, 1.82) is 0 Å². The third-order valence-electron chi connectivity index (χ3n) is 4.48. The zero-order valence-electron chi connectivity index (χ0n) is 17.4. The largest absolute Gasteiger partial charge is 0.489 e. The number of morpholine rings is 1. The number of carbonyl (C=O) groups is 1. The van der Waals surface area contributed by atoms with Crippen molar-refractivity contribution in [2.75, 3.05) is 31.6 Å². The van der Waals surface area contributed by atoms with Gasteiger partial charge in [0.1, 0.15) is 11.6 Å². The molecule has 1 aliphatic rings. The summed E-state index contributed by atoms with van der Waals surface area (Å²) in [5, 5.41) is 2.68. The molecule has 0 spiro atoms. The minimum Gasteiger partial charge on any atom is -0.489 e. The lowest BCUT2D eigenvalue weighted by molar-refractivity contribution is -0.111. The Hall–Kier alpha value is -2.75. The SMILES string of the molecule is CC(C)Oc1ccc(S(=O)(=O)N2CCOCC2)cc1NC(=O)/C=C/c1ccc(F)cc1. The first-order chi connectivity index (χ1) is 14.8. The van der Waals surface area contributed by atoms with E-state index in [0.29, 0.717) is 24.5 Å². The Balaban J connectivity index is 1.84. The zero-order valence-corrected chi connectivity index (χ0v) is 18.2. The van der Waals surface area contributed by atoms with Crippen molar-refractivity contribution in [1.82, 2.24) is 4.31 Å². The molecule has 9 heteroatoms. The van der Waals surface area contributed by atoms with E-state index in [9.17, 15) is 17.6 Å². The molecule has 31 heavy (non-hydrogen) atoms. The molecule has 1 saturated heterocycles. The van der Waals surface area contributed by atoms with Gasteiger partial charge in [0.15, 0.2) is 0 Å². The van der Waals surface area contributed by atoms with Crippen molar-refractivity contribution in [2.45, 2.75) is 24.8 Å². The topological polar surface area (TPSA) is 84.9 Å². The summed E-state index contributed by atoms with van der Waals surface area (Å²) in [4.78, 5) is 12.5. The molecule has 0 aromatic heterocycles. The van der Waals surface area contributed by atoms with E-state index >= 15 is 0 Å². The maximum atomic E-state index is 13.0. The van der Waals surface area contributed by atoms with Crippen LogP contribution in [0.5, 0.6) is 5.75 Å². The van der Waals surface area contributed by atoms with Crippen LogP contribution in [0.4, 0.5) is 10.1 Å². The smallest absolute Gasteiger partial charge is 0.248 e. The van der Waals surface area contributed by atoms with Crippen molar-refractivity contribution in [3.63, 3.8) is 0 Å². The third-order valence-corrected chi connectivity index (χ3v) is 6.37. The maximum absolute atomic E-state index is 13.0. The van der Waals surface area contributed by atoms with E-state index in [0.717, 1.165) is 0 Å².